The third-order valence-corrected chi connectivity index (χ3v) is 6.00. The number of nitrogens with one attached hydrogen (secondary N) is 1. The number of benzene rings is 1. The lowest BCUT2D eigenvalue weighted by Gasteiger charge is -2.28. The number of hydrogen-bond acceptors (Lipinski definition) is 3. The minimum Gasteiger partial charge on any atom is -0.326 e. The Morgan fingerprint density at radius 1 is 1.25 bits per heavy atom. The van der Waals surface area contributed by atoms with Gasteiger partial charge in [-0.3, -0.25) is 19.3 Å². The molecule has 4 rings (SSSR count). The third kappa shape index (κ3) is 1.61. The molecule has 0 aliphatic carbocycles. The van der Waals surface area contributed by atoms with E-state index in [9.17, 15) is 14.4 Å². The lowest BCUT2D eigenvalue weighted by atomic mass is 9.76. The van der Waals surface area contributed by atoms with Crippen LogP contribution in [-0.2, 0) is 19.9 Å². The number of likely N-dealkylation sites (tertiary alicyclic amines) is 1. The molecule has 2 saturated heterocycles. The molecule has 5 atom stereocenters. The van der Waals surface area contributed by atoms with Crippen molar-refractivity contribution < 1.29 is 19.7 Å². The van der Waals surface area contributed by atoms with Gasteiger partial charge < -0.3 is 10.6 Å². The molecule has 1 aromatic rings. The van der Waals surface area contributed by atoms with Crippen molar-refractivity contribution in [3.8, 4) is 0 Å². The first-order chi connectivity index (χ1) is 11.4. The van der Waals surface area contributed by atoms with E-state index in [0.29, 0.717) is 6.42 Å². The number of carbonyl (C=O) groups is 3. The SMILES string of the molecule is CC[C@H](C)N1C(=O)[C@@H]2[C@H](C)[NH2+][C@@]3(C(=O)Nc4ccccc43)[C@@H]2C1=O. The number of rotatable bonds is 2. The highest BCUT2D eigenvalue weighted by Crippen LogP contribution is 2.49. The van der Waals surface area contributed by atoms with Gasteiger partial charge in [0.1, 0.15) is 11.8 Å². The van der Waals surface area contributed by atoms with Gasteiger partial charge in [0.25, 0.3) is 5.91 Å². The maximum absolute atomic E-state index is 13.2. The van der Waals surface area contributed by atoms with E-state index in [2.05, 4.69) is 5.32 Å². The van der Waals surface area contributed by atoms with Gasteiger partial charge >= 0.3 is 0 Å². The molecule has 3 N–H and O–H groups in total. The number of nitrogens with two attached hydrogens (primary N) is 1. The molecule has 3 heterocycles. The minimum atomic E-state index is -1.02. The number of amides is 3. The van der Waals surface area contributed by atoms with E-state index >= 15 is 0 Å². The number of hydrogen-bond donors (Lipinski definition) is 2. The highest BCUT2D eigenvalue weighted by molar-refractivity contribution is 6.14. The van der Waals surface area contributed by atoms with Gasteiger partial charge in [0.2, 0.25) is 17.4 Å². The highest BCUT2D eigenvalue weighted by Gasteiger charge is 2.73. The van der Waals surface area contributed by atoms with Gasteiger partial charge in [-0.25, -0.2) is 0 Å². The van der Waals surface area contributed by atoms with E-state index in [4.69, 9.17) is 0 Å². The number of quaternary nitrogens is 1. The van der Waals surface area contributed by atoms with E-state index in [1.165, 1.54) is 4.90 Å². The Labute approximate surface area is 140 Å². The van der Waals surface area contributed by atoms with Crippen LogP contribution in [0.4, 0.5) is 5.69 Å². The Hall–Kier alpha value is -2.21. The first-order valence-corrected chi connectivity index (χ1v) is 8.57. The summed E-state index contributed by atoms with van der Waals surface area (Å²) in [6.45, 7) is 5.79. The lowest BCUT2D eigenvalue weighted by Crippen LogP contribution is -2.98. The fourth-order valence-corrected chi connectivity index (χ4v) is 4.74. The average molecular weight is 328 g/mol. The Bertz CT molecular complexity index is 762. The summed E-state index contributed by atoms with van der Waals surface area (Å²) in [5.74, 6) is -1.58. The van der Waals surface area contributed by atoms with E-state index < -0.39 is 17.4 Å². The average Bonchev–Trinajstić information content (AvgIpc) is 3.12. The van der Waals surface area contributed by atoms with Crippen molar-refractivity contribution >= 4 is 23.4 Å². The van der Waals surface area contributed by atoms with Crippen molar-refractivity contribution in [3.63, 3.8) is 0 Å². The molecule has 0 radical (unpaired) electrons. The molecular weight excluding hydrogens is 306 g/mol. The van der Waals surface area contributed by atoms with Crippen LogP contribution in [0.5, 0.6) is 0 Å². The molecule has 1 aromatic carbocycles. The van der Waals surface area contributed by atoms with E-state index in [0.717, 1.165) is 11.3 Å². The van der Waals surface area contributed by atoms with Crippen LogP contribution in [0.15, 0.2) is 24.3 Å². The van der Waals surface area contributed by atoms with Gasteiger partial charge in [-0.05, 0) is 26.3 Å². The first kappa shape index (κ1) is 15.3. The molecule has 0 aromatic heterocycles. The molecule has 6 nitrogen and oxygen atoms in total. The van der Waals surface area contributed by atoms with Gasteiger partial charge in [-0.2, -0.15) is 0 Å². The first-order valence-electron chi connectivity index (χ1n) is 8.57. The molecule has 0 saturated carbocycles. The summed E-state index contributed by atoms with van der Waals surface area (Å²) < 4.78 is 0. The molecule has 24 heavy (non-hydrogen) atoms. The zero-order chi connectivity index (χ0) is 17.2. The number of nitrogens with zero attached hydrogens (tertiary/aromatic N) is 1. The number of imide groups is 1. The highest BCUT2D eigenvalue weighted by atomic mass is 16.2. The van der Waals surface area contributed by atoms with Gasteiger partial charge in [0.15, 0.2) is 0 Å². The summed E-state index contributed by atoms with van der Waals surface area (Å²) in [6, 6.07) is 7.22. The zero-order valence-electron chi connectivity index (χ0n) is 14.1. The largest absolute Gasteiger partial charge is 0.326 e. The topological polar surface area (TPSA) is 83.1 Å². The van der Waals surface area contributed by atoms with Crippen molar-refractivity contribution in [2.24, 2.45) is 11.8 Å². The van der Waals surface area contributed by atoms with Gasteiger partial charge in [-0.1, -0.05) is 25.1 Å². The molecule has 3 amide bonds. The quantitative estimate of drug-likeness (QED) is 0.761. The smallest absolute Gasteiger partial charge is 0.291 e. The fourth-order valence-electron chi connectivity index (χ4n) is 4.74. The van der Waals surface area contributed by atoms with Gasteiger partial charge in [0, 0.05) is 11.6 Å². The molecular formula is C18H22N3O3+. The number of anilines is 1. The second-order valence-electron chi connectivity index (χ2n) is 7.20. The van der Waals surface area contributed by atoms with Crippen LogP contribution < -0.4 is 10.6 Å². The Morgan fingerprint density at radius 2 is 1.96 bits per heavy atom. The second kappa shape index (κ2) is 4.89. The predicted octanol–water partition coefficient (Wildman–Crippen LogP) is 0.199. The minimum absolute atomic E-state index is 0.114. The summed E-state index contributed by atoms with van der Waals surface area (Å²) >= 11 is 0. The second-order valence-corrected chi connectivity index (χ2v) is 7.20. The lowest BCUT2D eigenvalue weighted by molar-refractivity contribution is -0.730. The van der Waals surface area contributed by atoms with Crippen LogP contribution in [0, 0.1) is 11.8 Å². The summed E-state index contributed by atoms with van der Waals surface area (Å²) in [7, 11) is 0. The van der Waals surface area contributed by atoms with Crippen LogP contribution in [0.1, 0.15) is 32.8 Å². The molecule has 2 fully saturated rings. The molecule has 0 unspecified atom stereocenters. The molecule has 6 heteroatoms. The molecule has 0 bridgehead atoms. The maximum atomic E-state index is 13.2. The number of carbonyl (C=O) groups excluding carboxylic acids is 3. The van der Waals surface area contributed by atoms with Gasteiger partial charge in [-0.15, -0.1) is 0 Å². The van der Waals surface area contributed by atoms with Crippen LogP contribution >= 0.6 is 0 Å². The summed E-state index contributed by atoms with van der Waals surface area (Å²) in [6.07, 6.45) is 0.713. The summed E-state index contributed by atoms with van der Waals surface area (Å²) in [5.41, 5.74) is 0.547. The van der Waals surface area contributed by atoms with Crippen molar-refractivity contribution in [1.82, 2.24) is 4.90 Å². The van der Waals surface area contributed by atoms with Crippen molar-refractivity contribution in [3.05, 3.63) is 29.8 Å². The van der Waals surface area contributed by atoms with E-state index in [1.54, 1.807) is 0 Å². The van der Waals surface area contributed by atoms with Crippen molar-refractivity contribution in [2.75, 3.05) is 5.32 Å². The number of para-hydroxylation sites is 1. The van der Waals surface area contributed by atoms with Crippen LogP contribution in [0.25, 0.3) is 0 Å². The van der Waals surface area contributed by atoms with Crippen LogP contribution in [0.3, 0.4) is 0 Å². The van der Waals surface area contributed by atoms with Crippen molar-refractivity contribution in [1.29, 1.82) is 0 Å². The van der Waals surface area contributed by atoms with E-state index in [-0.39, 0.29) is 29.8 Å². The normalized spacial score (nSPS) is 35.4. The molecule has 126 valence electrons. The fraction of sp³-hybridized carbons (Fsp3) is 0.500. The van der Waals surface area contributed by atoms with Crippen molar-refractivity contribution in [2.45, 2.75) is 44.8 Å². The van der Waals surface area contributed by atoms with Crippen LogP contribution in [0.2, 0.25) is 0 Å². The van der Waals surface area contributed by atoms with Gasteiger partial charge in [0.05, 0.1) is 11.7 Å². The van der Waals surface area contributed by atoms with Crippen LogP contribution in [-0.4, -0.2) is 34.7 Å². The standard InChI is InChI=1S/C18H21N3O3/c1-4-9(2)21-15(22)13-10(3)20-18(14(13)16(21)23)11-7-5-6-8-12(11)19-17(18)24/h5-10,13-14,20H,4H2,1-3H3,(H,19,24)/p+1/t9-,10-,13+,14-,18+/m0/s1. The Kier molecular flexibility index (Phi) is 3.12. The maximum Gasteiger partial charge on any atom is 0.291 e. The Morgan fingerprint density at radius 3 is 2.67 bits per heavy atom. The molecule has 3 aliphatic rings. The predicted molar refractivity (Wildman–Crippen MR) is 86.7 cm³/mol. The third-order valence-electron chi connectivity index (χ3n) is 6.00. The monoisotopic (exact) mass is 328 g/mol. The Balaban J connectivity index is 1.88. The summed E-state index contributed by atoms with van der Waals surface area (Å²) in [4.78, 5) is 40.4. The zero-order valence-corrected chi connectivity index (χ0v) is 14.1. The number of fused-ring (bicyclic) bond motifs is 4. The van der Waals surface area contributed by atoms with E-state index in [1.807, 2.05) is 50.4 Å². The molecule has 1 spiro atoms. The summed E-state index contributed by atoms with van der Waals surface area (Å²) in [5, 5.41) is 4.83. The molecule has 3 aliphatic heterocycles.